The molecule has 1 fully saturated rings. The third kappa shape index (κ3) is 5.39. The van der Waals surface area contributed by atoms with Crippen LogP contribution >= 0.6 is 0 Å². The second-order valence-corrected chi connectivity index (χ2v) is 8.56. The Morgan fingerprint density at radius 1 is 1.23 bits per heavy atom. The molecule has 3 rings (SSSR count). The van der Waals surface area contributed by atoms with E-state index in [9.17, 15) is 19.8 Å². The zero-order valence-corrected chi connectivity index (χ0v) is 17.8. The molecule has 1 aliphatic rings. The first-order valence-electron chi connectivity index (χ1n) is 10.1. The highest BCUT2D eigenvalue weighted by Gasteiger charge is 2.39. The lowest BCUT2D eigenvalue weighted by atomic mass is 9.85. The number of carbonyl (C=O) groups excluding carboxylic acids is 2. The lowest BCUT2D eigenvalue weighted by Gasteiger charge is -2.38. The van der Waals surface area contributed by atoms with Gasteiger partial charge in [-0.1, -0.05) is 0 Å². The van der Waals surface area contributed by atoms with Crippen LogP contribution in [0.2, 0.25) is 0 Å². The number of fused-ring (bicyclic) bond motifs is 1. The van der Waals surface area contributed by atoms with Gasteiger partial charge in [0, 0.05) is 13.0 Å². The van der Waals surface area contributed by atoms with Gasteiger partial charge in [-0.15, -0.1) is 0 Å². The minimum Gasteiger partial charge on any atom is -0.444 e. The summed E-state index contributed by atoms with van der Waals surface area (Å²) in [7, 11) is 0. The molecule has 6 N–H and O–H groups in total. The number of nitrogens with two attached hydrogens (primary N) is 1. The summed E-state index contributed by atoms with van der Waals surface area (Å²) in [5, 5.41) is 26.5. The molecule has 2 aromatic heterocycles. The van der Waals surface area contributed by atoms with Gasteiger partial charge < -0.3 is 35.9 Å². The van der Waals surface area contributed by atoms with Crippen LogP contribution in [0.5, 0.6) is 0 Å². The second kappa shape index (κ2) is 9.02. The average Bonchev–Trinajstić information content (AvgIpc) is 3.09. The fourth-order valence-corrected chi connectivity index (χ4v) is 3.60. The maximum Gasteiger partial charge on any atom is 0.407 e. The van der Waals surface area contributed by atoms with Crippen LogP contribution in [0.4, 0.5) is 10.6 Å². The van der Waals surface area contributed by atoms with Crippen molar-refractivity contribution in [2.75, 3.05) is 12.3 Å². The van der Waals surface area contributed by atoms with Crippen molar-refractivity contribution in [2.45, 2.75) is 69.9 Å². The normalized spacial score (nSPS) is 24.0. The molecule has 12 heteroatoms. The van der Waals surface area contributed by atoms with Crippen LogP contribution in [0.25, 0.3) is 11.2 Å². The quantitative estimate of drug-likeness (QED) is 0.428. The van der Waals surface area contributed by atoms with E-state index in [1.54, 1.807) is 25.3 Å². The molecule has 2 heterocycles. The number of aliphatic hydroxyl groups excluding tert-OH is 2. The van der Waals surface area contributed by atoms with Crippen LogP contribution in [-0.2, 0) is 9.53 Å². The van der Waals surface area contributed by atoms with E-state index in [1.807, 2.05) is 0 Å². The summed E-state index contributed by atoms with van der Waals surface area (Å²) in [5.74, 6) is -0.112. The minimum atomic E-state index is -1.18. The smallest absolute Gasteiger partial charge is 0.407 e. The maximum atomic E-state index is 12.2. The largest absolute Gasteiger partial charge is 0.444 e. The molecule has 0 unspecified atom stereocenters. The summed E-state index contributed by atoms with van der Waals surface area (Å²) in [4.78, 5) is 36.1. The standard InChI is InChI=1S/C19H29N7O5/c1-19(2,3)31-18(30)21-7-6-12(27)25-10-4-5-11(15(29)14(10)28)26-9-24-13-16(20)22-8-23-17(13)26/h8-11,14-15,28-29H,4-7H2,1-3H3,(H,21,30)(H,25,27)(H2,20,22,23)/t10-,11-,14-,15-/m1/s1. The number of hydrogen-bond donors (Lipinski definition) is 5. The summed E-state index contributed by atoms with van der Waals surface area (Å²) < 4.78 is 6.78. The van der Waals surface area contributed by atoms with Gasteiger partial charge in [-0.25, -0.2) is 19.7 Å². The SMILES string of the molecule is CC(C)(C)OC(=O)NCCC(=O)N[C@@H]1CC[C@@H](n2cnc3c(N)ncnc32)[C@@H](O)[C@@H]1O. The third-order valence-corrected chi connectivity index (χ3v) is 5.04. The molecule has 0 radical (unpaired) electrons. The number of anilines is 1. The second-order valence-electron chi connectivity index (χ2n) is 8.56. The van der Waals surface area contributed by atoms with Gasteiger partial charge in [0.05, 0.1) is 18.4 Å². The minimum absolute atomic E-state index is 0.0182. The lowest BCUT2D eigenvalue weighted by molar-refractivity contribution is -0.125. The first kappa shape index (κ1) is 22.7. The van der Waals surface area contributed by atoms with Crippen LogP contribution in [0.1, 0.15) is 46.1 Å². The molecule has 0 aromatic carbocycles. The zero-order chi connectivity index (χ0) is 22.8. The number of aromatic nitrogens is 4. The molecule has 2 amide bonds. The van der Waals surface area contributed by atoms with E-state index >= 15 is 0 Å². The van der Waals surface area contributed by atoms with Crippen molar-refractivity contribution >= 4 is 29.0 Å². The molecule has 1 saturated carbocycles. The van der Waals surface area contributed by atoms with Crippen LogP contribution in [-0.4, -0.2) is 72.1 Å². The fourth-order valence-electron chi connectivity index (χ4n) is 3.60. The molecule has 4 atom stereocenters. The number of ether oxygens (including phenoxy) is 1. The molecule has 0 spiro atoms. The Bertz CT molecular complexity index is 941. The lowest BCUT2D eigenvalue weighted by Crippen LogP contribution is -2.54. The van der Waals surface area contributed by atoms with Crippen LogP contribution in [0.15, 0.2) is 12.7 Å². The van der Waals surface area contributed by atoms with E-state index in [2.05, 4.69) is 25.6 Å². The van der Waals surface area contributed by atoms with Gasteiger partial charge in [0.1, 0.15) is 29.7 Å². The Balaban J connectivity index is 1.53. The predicted octanol–water partition coefficient (Wildman–Crippen LogP) is -0.135. The van der Waals surface area contributed by atoms with Crippen LogP contribution in [0.3, 0.4) is 0 Å². The number of aliphatic hydroxyl groups is 2. The van der Waals surface area contributed by atoms with Gasteiger partial charge >= 0.3 is 6.09 Å². The van der Waals surface area contributed by atoms with Gasteiger partial charge in [-0.2, -0.15) is 0 Å². The van der Waals surface area contributed by atoms with Crippen molar-refractivity contribution in [1.82, 2.24) is 30.2 Å². The number of hydrogen-bond acceptors (Lipinski definition) is 9. The zero-order valence-electron chi connectivity index (χ0n) is 17.8. The van der Waals surface area contributed by atoms with Gasteiger partial charge in [0.15, 0.2) is 11.5 Å². The number of nitrogen functional groups attached to an aromatic ring is 1. The van der Waals surface area contributed by atoms with Gasteiger partial charge in [-0.05, 0) is 33.6 Å². The van der Waals surface area contributed by atoms with Crippen LogP contribution < -0.4 is 16.4 Å². The van der Waals surface area contributed by atoms with E-state index < -0.39 is 36.0 Å². The number of nitrogens with one attached hydrogen (secondary N) is 2. The summed E-state index contributed by atoms with van der Waals surface area (Å²) >= 11 is 0. The van der Waals surface area contributed by atoms with Crippen LogP contribution in [0, 0.1) is 0 Å². The van der Waals surface area contributed by atoms with Crippen molar-refractivity contribution in [2.24, 2.45) is 0 Å². The van der Waals surface area contributed by atoms with Gasteiger partial charge in [0.25, 0.3) is 0 Å². The molecule has 2 aromatic rings. The first-order valence-corrected chi connectivity index (χ1v) is 10.1. The molecule has 0 bridgehead atoms. The van der Waals surface area contributed by atoms with Gasteiger partial charge in [0.2, 0.25) is 5.91 Å². The van der Waals surface area contributed by atoms with E-state index in [1.165, 1.54) is 12.7 Å². The Morgan fingerprint density at radius 3 is 2.68 bits per heavy atom. The molecule has 31 heavy (non-hydrogen) atoms. The summed E-state index contributed by atoms with van der Waals surface area (Å²) in [6.45, 7) is 5.33. The fraction of sp³-hybridized carbons (Fsp3) is 0.632. The highest BCUT2D eigenvalue weighted by Crippen LogP contribution is 2.32. The number of amides is 2. The maximum absolute atomic E-state index is 12.2. The summed E-state index contributed by atoms with van der Waals surface area (Å²) in [5.41, 5.74) is 6.08. The number of rotatable bonds is 5. The Hall–Kier alpha value is -2.99. The highest BCUT2D eigenvalue weighted by atomic mass is 16.6. The number of alkyl carbamates (subject to hydrolysis) is 1. The predicted molar refractivity (Wildman–Crippen MR) is 111 cm³/mol. The molecule has 170 valence electrons. The molecule has 0 saturated heterocycles. The number of imidazole rings is 1. The van der Waals surface area contributed by atoms with E-state index in [0.29, 0.717) is 24.0 Å². The van der Waals surface area contributed by atoms with E-state index in [0.717, 1.165) is 0 Å². The number of carbonyl (C=O) groups is 2. The molecule has 12 nitrogen and oxygen atoms in total. The van der Waals surface area contributed by atoms with Crippen molar-refractivity contribution in [3.05, 3.63) is 12.7 Å². The number of nitrogens with zero attached hydrogens (tertiary/aromatic N) is 4. The molecule has 1 aliphatic carbocycles. The Labute approximate surface area is 179 Å². The van der Waals surface area contributed by atoms with Crippen molar-refractivity contribution in [3.63, 3.8) is 0 Å². The van der Waals surface area contributed by atoms with E-state index in [4.69, 9.17) is 10.5 Å². The Morgan fingerprint density at radius 2 is 1.97 bits per heavy atom. The average molecular weight is 435 g/mol. The van der Waals surface area contributed by atoms with E-state index in [-0.39, 0.29) is 24.7 Å². The summed E-state index contributed by atoms with van der Waals surface area (Å²) in [6.07, 6.45) is 0.833. The molecular weight excluding hydrogens is 406 g/mol. The molecule has 0 aliphatic heterocycles. The third-order valence-electron chi connectivity index (χ3n) is 5.04. The molecular formula is C19H29N7O5. The van der Waals surface area contributed by atoms with Gasteiger partial charge in [-0.3, -0.25) is 4.79 Å². The van der Waals surface area contributed by atoms with Crippen molar-refractivity contribution in [1.29, 1.82) is 0 Å². The summed E-state index contributed by atoms with van der Waals surface area (Å²) in [6, 6.07) is -1.09. The topological polar surface area (TPSA) is 178 Å². The van der Waals surface area contributed by atoms with Crippen molar-refractivity contribution in [3.8, 4) is 0 Å². The highest BCUT2D eigenvalue weighted by molar-refractivity contribution is 5.81. The monoisotopic (exact) mass is 435 g/mol. The first-order chi connectivity index (χ1) is 14.6. The Kier molecular flexibility index (Phi) is 6.60. The van der Waals surface area contributed by atoms with Crippen molar-refractivity contribution < 1.29 is 24.5 Å².